The van der Waals surface area contributed by atoms with Gasteiger partial charge in [-0.3, -0.25) is 14.5 Å². The molecule has 1 saturated heterocycles. The highest BCUT2D eigenvalue weighted by Gasteiger charge is 2.55. The number of alkyl halides is 1. The summed E-state index contributed by atoms with van der Waals surface area (Å²) in [6, 6.07) is 47.9. The first-order valence-corrected chi connectivity index (χ1v) is 21.8. The van der Waals surface area contributed by atoms with E-state index >= 15 is 0 Å². The van der Waals surface area contributed by atoms with Gasteiger partial charge in [0.05, 0.1) is 0 Å². The Balaban J connectivity index is 1.05. The van der Waals surface area contributed by atoms with Gasteiger partial charge >= 0.3 is 5.97 Å². The third-order valence-electron chi connectivity index (χ3n) is 10.3. The smallest absolute Gasteiger partial charge is 0.356 e. The highest BCUT2D eigenvalue weighted by molar-refractivity contribution is 8.00. The number of terminal acetylenes is 1. The fourth-order valence-corrected chi connectivity index (χ4v) is 9.88. The second kappa shape index (κ2) is 18.7. The summed E-state index contributed by atoms with van der Waals surface area (Å²) >= 11 is 9.04. The summed E-state index contributed by atoms with van der Waals surface area (Å²) in [6.07, 6.45) is 4.72. The van der Waals surface area contributed by atoms with Crippen molar-refractivity contribution in [3.63, 3.8) is 0 Å². The summed E-state index contributed by atoms with van der Waals surface area (Å²) in [4.78, 5) is 53.9. The number of rotatable bonds is 15. The predicted octanol–water partition coefficient (Wildman–Crippen LogP) is 8.13. The lowest BCUT2D eigenvalue weighted by atomic mass is 9.77. The number of β-lactam (4-membered cyclic amide) rings is 1. The topological polar surface area (TPSA) is 122 Å². The number of carbonyl (C=O) groups excluding carboxylic acids is 3. The maximum Gasteiger partial charge on any atom is 0.356 e. The van der Waals surface area contributed by atoms with Crippen molar-refractivity contribution in [1.29, 1.82) is 0 Å². The van der Waals surface area contributed by atoms with Gasteiger partial charge < -0.3 is 20.2 Å². The van der Waals surface area contributed by atoms with Crippen molar-refractivity contribution in [3.8, 4) is 12.3 Å². The number of carbonyl (C=O) groups is 3. The Morgan fingerprint density at radius 3 is 1.89 bits per heavy atom. The van der Waals surface area contributed by atoms with Gasteiger partial charge in [-0.25, -0.2) is 9.78 Å². The van der Waals surface area contributed by atoms with Crippen LogP contribution in [0.1, 0.15) is 39.6 Å². The number of fused-ring (bicyclic) bond motifs is 1. The van der Waals surface area contributed by atoms with Gasteiger partial charge in [0.25, 0.3) is 11.8 Å². The predicted molar refractivity (Wildman–Crippen MR) is 240 cm³/mol. The van der Waals surface area contributed by atoms with Gasteiger partial charge in [0.2, 0.25) is 0 Å². The molecule has 0 saturated carbocycles. The Morgan fingerprint density at radius 2 is 1.38 bits per heavy atom. The van der Waals surface area contributed by atoms with Gasteiger partial charge in [-0.15, -0.1) is 41.1 Å². The molecule has 0 unspecified atom stereocenters. The van der Waals surface area contributed by atoms with E-state index in [4.69, 9.17) is 32.6 Å². The summed E-state index contributed by atoms with van der Waals surface area (Å²) in [5.41, 5.74) is 4.21. The fourth-order valence-electron chi connectivity index (χ4n) is 7.45. The second-order valence-electron chi connectivity index (χ2n) is 14.0. The molecule has 10 nitrogen and oxygen atoms in total. The number of esters is 1. The number of thioether (sulfide) groups is 1. The zero-order valence-electron chi connectivity index (χ0n) is 32.5. The summed E-state index contributed by atoms with van der Waals surface area (Å²) in [7, 11) is 0. The Labute approximate surface area is 366 Å². The van der Waals surface area contributed by atoms with Crippen molar-refractivity contribution in [1.82, 2.24) is 15.2 Å². The Morgan fingerprint density at radius 1 is 0.852 bits per heavy atom. The third-order valence-corrected chi connectivity index (χ3v) is 12.7. The number of ether oxygens (including phenoxy) is 1. The molecule has 61 heavy (non-hydrogen) atoms. The van der Waals surface area contributed by atoms with Crippen molar-refractivity contribution < 1.29 is 24.0 Å². The van der Waals surface area contributed by atoms with Crippen molar-refractivity contribution in [2.24, 2.45) is 5.16 Å². The number of benzene rings is 5. The van der Waals surface area contributed by atoms with Gasteiger partial charge in [-0.1, -0.05) is 163 Å². The van der Waals surface area contributed by atoms with Crippen LogP contribution >= 0.6 is 34.7 Å². The van der Waals surface area contributed by atoms with Crippen LogP contribution in [0.4, 0.5) is 5.13 Å². The van der Waals surface area contributed by atoms with E-state index in [1.54, 1.807) is 5.38 Å². The molecule has 5 aromatic carbocycles. The van der Waals surface area contributed by atoms with Crippen molar-refractivity contribution >= 4 is 63.3 Å². The molecule has 0 radical (unpaired) electrons. The summed E-state index contributed by atoms with van der Waals surface area (Å²) in [5, 5.41) is 12.2. The number of hydrogen-bond acceptors (Lipinski definition) is 10. The standard InChI is InChI=1S/C48H38ClN5O5S2/c1-2-28-58-53-39(38-31-61-47(50-38)52-48(35-22-12-5-13-23-35,36-24-14-6-15-25-36)37-26-16-7-17-27-37)43(55)51-40-44(56)54-41(34(29-49)30-60-45(40)54)46(57)59-42(32-18-8-3-9-19-32)33-20-10-4-11-21-33/h1,3-27,31,40,42,45H,28-30H2,(H,50,52)(H,51,55)/t40-,45+/m1/s1. The van der Waals surface area contributed by atoms with E-state index in [0.717, 1.165) is 27.8 Å². The minimum atomic E-state index is -1.01. The molecule has 2 amide bonds. The van der Waals surface area contributed by atoms with E-state index in [-0.39, 0.29) is 29.6 Å². The lowest BCUT2D eigenvalue weighted by Crippen LogP contribution is -2.71. The molecule has 2 N–H and O–H groups in total. The van der Waals surface area contributed by atoms with Gasteiger partial charge in [0.1, 0.15) is 28.3 Å². The fraction of sp³-hybridized carbons (Fsp3) is 0.146. The van der Waals surface area contributed by atoms with Crippen LogP contribution in [0.15, 0.2) is 173 Å². The molecule has 2 aliphatic rings. The Bertz CT molecular complexity index is 2470. The number of nitrogens with zero attached hydrogens (tertiary/aromatic N) is 3. The number of oxime groups is 1. The molecule has 3 heterocycles. The first-order chi connectivity index (χ1) is 29.9. The van der Waals surface area contributed by atoms with Crippen LogP contribution in [0.25, 0.3) is 0 Å². The zero-order valence-corrected chi connectivity index (χ0v) is 34.9. The van der Waals surface area contributed by atoms with Gasteiger partial charge in [-0.2, -0.15) is 0 Å². The van der Waals surface area contributed by atoms with Crippen molar-refractivity contribution in [2.45, 2.75) is 23.1 Å². The highest BCUT2D eigenvalue weighted by atomic mass is 35.5. The number of aromatic nitrogens is 1. The Hall–Kier alpha value is -6.65. The van der Waals surface area contributed by atoms with Crippen LogP contribution in [0.5, 0.6) is 0 Å². The molecule has 13 heteroatoms. The third kappa shape index (κ3) is 8.41. The van der Waals surface area contributed by atoms with Gasteiger partial charge in [0, 0.05) is 17.0 Å². The van der Waals surface area contributed by atoms with Crippen LogP contribution in [0.3, 0.4) is 0 Å². The first-order valence-electron chi connectivity index (χ1n) is 19.3. The van der Waals surface area contributed by atoms with Crippen LogP contribution < -0.4 is 10.6 Å². The van der Waals surface area contributed by atoms with Crippen LogP contribution in [0, 0.1) is 12.3 Å². The number of hydrogen-bond donors (Lipinski definition) is 2. The average Bonchev–Trinajstić information content (AvgIpc) is 3.79. The molecular weight excluding hydrogens is 826 g/mol. The lowest BCUT2D eigenvalue weighted by molar-refractivity contribution is -0.154. The maximum atomic E-state index is 14.2. The number of halogens is 1. The highest BCUT2D eigenvalue weighted by Crippen LogP contribution is 2.43. The number of anilines is 1. The van der Waals surface area contributed by atoms with Crippen LogP contribution in [-0.2, 0) is 29.5 Å². The summed E-state index contributed by atoms with van der Waals surface area (Å²) in [6.45, 7) is -0.204. The summed E-state index contributed by atoms with van der Waals surface area (Å²) < 4.78 is 6.17. The number of amides is 2. The first kappa shape index (κ1) is 41.1. The second-order valence-corrected chi connectivity index (χ2v) is 16.2. The average molecular weight is 864 g/mol. The largest absolute Gasteiger partial charge is 0.448 e. The summed E-state index contributed by atoms with van der Waals surface area (Å²) in [5.74, 6) is 0.804. The van der Waals surface area contributed by atoms with E-state index < -0.39 is 40.8 Å². The SMILES string of the molecule is C#CCON=C(C(=O)N[C@@H]1C(=O)N2C(C(=O)OC(c3ccccc3)c3ccccc3)=C(CCl)CS[C@@H]12)c1csc(NC(c2ccccc2)(c2ccccc2)c2ccccc2)n1. The molecule has 1 aromatic heterocycles. The number of nitrogens with one attached hydrogen (secondary N) is 2. The molecule has 8 rings (SSSR count). The van der Waals surface area contributed by atoms with E-state index in [0.29, 0.717) is 16.5 Å². The van der Waals surface area contributed by atoms with E-state index in [9.17, 15) is 14.4 Å². The quantitative estimate of drug-likeness (QED) is 0.0155. The Kier molecular flexibility index (Phi) is 12.6. The van der Waals surface area contributed by atoms with Crippen LogP contribution in [0.2, 0.25) is 0 Å². The maximum absolute atomic E-state index is 14.2. The van der Waals surface area contributed by atoms with Crippen molar-refractivity contribution in [2.75, 3.05) is 23.6 Å². The minimum Gasteiger partial charge on any atom is -0.448 e. The molecule has 2 aliphatic heterocycles. The minimum absolute atomic E-state index is 0.00984. The van der Waals surface area contributed by atoms with Crippen molar-refractivity contribution in [3.05, 3.63) is 202 Å². The normalized spacial score (nSPS) is 16.2. The van der Waals surface area contributed by atoms with E-state index in [1.165, 1.54) is 28.0 Å². The van der Waals surface area contributed by atoms with Gasteiger partial charge in [-0.05, 0) is 33.4 Å². The zero-order chi connectivity index (χ0) is 42.2. The molecule has 2 atom stereocenters. The molecule has 304 valence electrons. The van der Waals surface area contributed by atoms with Gasteiger partial charge in [0.15, 0.2) is 23.6 Å². The van der Waals surface area contributed by atoms with E-state index in [2.05, 4.69) is 58.1 Å². The van der Waals surface area contributed by atoms with E-state index in [1.807, 2.05) is 115 Å². The molecule has 0 aliphatic carbocycles. The molecule has 1 fully saturated rings. The molecular formula is C48H38ClN5O5S2. The molecule has 0 spiro atoms. The molecule has 0 bridgehead atoms. The monoisotopic (exact) mass is 863 g/mol. The number of thiazole rings is 1. The van der Waals surface area contributed by atoms with Crippen LogP contribution in [-0.4, -0.2) is 63.0 Å². The lowest BCUT2D eigenvalue weighted by Gasteiger charge is -2.49. The molecule has 6 aromatic rings.